The zero-order valence-electron chi connectivity index (χ0n) is 12.2. The van der Waals surface area contributed by atoms with Gasteiger partial charge in [-0.05, 0) is 35.8 Å². The molecule has 2 amide bonds. The van der Waals surface area contributed by atoms with E-state index < -0.39 is 5.54 Å². The summed E-state index contributed by atoms with van der Waals surface area (Å²) >= 11 is 0. The number of hydrogen-bond acceptors (Lipinski definition) is 3. The Balaban J connectivity index is 1.63. The summed E-state index contributed by atoms with van der Waals surface area (Å²) in [4.78, 5) is 30.3. The second-order valence-corrected chi connectivity index (χ2v) is 6.37. The van der Waals surface area contributed by atoms with Crippen LogP contribution in [-0.2, 0) is 16.0 Å². The number of rotatable bonds is 3. The number of primary amides is 1. The molecule has 112 valence electrons. The lowest BCUT2D eigenvalue weighted by Crippen LogP contribution is -2.57. The minimum atomic E-state index is -0.714. The number of carbonyl (C=O) groups is 2. The average molecular weight is 295 g/mol. The molecule has 5 heteroatoms. The van der Waals surface area contributed by atoms with E-state index >= 15 is 0 Å². The van der Waals surface area contributed by atoms with E-state index in [1.807, 2.05) is 24.3 Å². The van der Waals surface area contributed by atoms with Gasteiger partial charge in [0, 0.05) is 24.3 Å². The highest BCUT2D eigenvalue weighted by Gasteiger charge is 2.61. The molecule has 1 aromatic heterocycles. The third kappa shape index (κ3) is 1.75. The van der Waals surface area contributed by atoms with Gasteiger partial charge in [-0.15, -0.1) is 0 Å². The highest BCUT2D eigenvalue weighted by Crippen LogP contribution is 2.50. The van der Waals surface area contributed by atoms with Gasteiger partial charge in [-0.1, -0.05) is 18.2 Å². The minimum absolute atomic E-state index is 0.0110. The first-order chi connectivity index (χ1) is 10.6. The quantitative estimate of drug-likeness (QED) is 0.926. The molecule has 1 aliphatic carbocycles. The lowest BCUT2D eigenvalue weighted by atomic mass is 9.73. The maximum Gasteiger partial charge on any atom is 0.243 e. The van der Waals surface area contributed by atoms with E-state index in [0.717, 1.165) is 29.2 Å². The van der Waals surface area contributed by atoms with Crippen LogP contribution in [0, 0.1) is 5.92 Å². The van der Waals surface area contributed by atoms with Crippen molar-refractivity contribution in [3.63, 3.8) is 0 Å². The molecular formula is C17H17N3O2. The topological polar surface area (TPSA) is 76.3 Å². The van der Waals surface area contributed by atoms with Crippen LogP contribution in [0.25, 0.3) is 10.8 Å². The smallest absolute Gasteiger partial charge is 0.243 e. The number of amides is 2. The highest BCUT2D eigenvalue weighted by molar-refractivity contribution is 5.95. The summed E-state index contributed by atoms with van der Waals surface area (Å²) < 4.78 is 0. The highest BCUT2D eigenvalue weighted by atomic mass is 16.2. The van der Waals surface area contributed by atoms with Gasteiger partial charge in [-0.3, -0.25) is 14.6 Å². The molecule has 2 aromatic rings. The van der Waals surface area contributed by atoms with Crippen molar-refractivity contribution in [1.82, 2.24) is 9.88 Å². The average Bonchev–Trinajstić information content (AvgIpc) is 3.04. The largest absolute Gasteiger partial charge is 0.368 e. The molecule has 3 aliphatic rings. The van der Waals surface area contributed by atoms with Gasteiger partial charge in [0.1, 0.15) is 5.54 Å². The van der Waals surface area contributed by atoms with Crippen LogP contribution in [0.4, 0.5) is 0 Å². The number of pyridine rings is 1. The van der Waals surface area contributed by atoms with E-state index in [2.05, 4.69) is 4.98 Å². The van der Waals surface area contributed by atoms with Crippen LogP contribution in [0.5, 0.6) is 0 Å². The molecule has 1 aromatic carbocycles. The van der Waals surface area contributed by atoms with Crippen molar-refractivity contribution < 1.29 is 9.59 Å². The zero-order chi connectivity index (χ0) is 15.3. The molecule has 0 spiro atoms. The van der Waals surface area contributed by atoms with Crippen molar-refractivity contribution >= 4 is 22.6 Å². The van der Waals surface area contributed by atoms with Crippen molar-refractivity contribution in [3.05, 3.63) is 42.2 Å². The molecule has 2 bridgehead atoms. The van der Waals surface area contributed by atoms with Crippen molar-refractivity contribution in [2.45, 2.75) is 24.8 Å². The van der Waals surface area contributed by atoms with Gasteiger partial charge in [0.15, 0.2) is 0 Å². The molecule has 2 N–H and O–H groups in total. The van der Waals surface area contributed by atoms with E-state index in [9.17, 15) is 9.59 Å². The predicted octanol–water partition coefficient (Wildman–Crippen LogP) is 1.25. The molecule has 3 fully saturated rings. The minimum Gasteiger partial charge on any atom is -0.368 e. The summed E-state index contributed by atoms with van der Waals surface area (Å²) in [7, 11) is 0. The predicted molar refractivity (Wildman–Crippen MR) is 81.8 cm³/mol. The number of carbonyl (C=O) groups excluding carboxylic acids is 2. The molecule has 2 saturated heterocycles. The summed E-state index contributed by atoms with van der Waals surface area (Å²) in [5, 5.41) is 2.05. The standard InChI is InChI=1S/C17H17N3O2/c18-16(22)17-7-11(8-17)10-20(17)15(21)6-12-2-1-3-13-9-19-5-4-14(12)13/h1-5,9,11H,6-8,10H2,(H2,18,22). The summed E-state index contributed by atoms with van der Waals surface area (Å²) in [5.41, 5.74) is 5.79. The van der Waals surface area contributed by atoms with E-state index in [1.54, 1.807) is 17.3 Å². The van der Waals surface area contributed by atoms with E-state index in [0.29, 0.717) is 18.9 Å². The summed E-state index contributed by atoms with van der Waals surface area (Å²) in [5.74, 6) is 0.0630. The van der Waals surface area contributed by atoms with E-state index in [1.165, 1.54) is 0 Å². The van der Waals surface area contributed by atoms with Gasteiger partial charge in [0.05, 0.1) is 6.42 Å². The van der Waals surface area contributed by atoms with Crippen molar-refractivity contribution in [2.24, 2.45) is 11.7 Å². The Morgan fingerprint density at radius 1 is 1.32 bits per heavy atom. The van der Waals surface area contributed by atoms with Crippen molar-refractivity contribution in [3.8, 4) is 0 Å². The SMILES string of the molecule is NC(=O)C12CC(CN1C(=O)Cc1cccc3cnccc13)C2. The molecular weight excluding hydrogens is 278 g/mol. The second kappa shape index (κ2) is 4.53. The van der Waals surface area contributed by atoms with Gasteiger partial charge >= 0.3 is 0 Å². The normalized spacial score (nSPS) is 26.0. The first-order valence-corrected chi connectivity index (χ1v) is 7.52. The molecule has 2 aliphatic heterocycles. The van der Waals surface area contributed by atoms with Crippen molar-refractivity contribution in [2.75, 3.05) is 6.54 Å². The maximum atomic E-state index is 12.7. The zero-order valence-corrected chi connectivity index (χ0v) is 12.2. The molecule has 0 atom stereocenters. The first-order valence-electron chi connectivity index (χ1n) is 7.52. The fourth-order valence-electron chi connectivity index (χ4n) is 3.95. The Hall–Kier alpha value is -2.43. The third-order valence-electron chi connectivity index (χ3n) is 5.08. The van der Waals surface area contributed by atoms with Gasteiger partial charge in [0.2, 0.25) is 11.8 Å². The number of nitrogens with zero attached hydrogens (tertiary/aromatic N) is 2. The van der Waals surface area contributed by atoms with Crippen LogP contribution in [0.1, 0.15) is 18.4 Å². The molecule has 5 nitrogen and oxygen atoms in total. The third-order valence-corrected chi connectivity index (χ3v) is 5.08. The van der Waals surface area contributed by atoms with E-state index in [4.69, 9.17) is 5.73 Å². The van der Waals surface area contributed by atoms with Crippen molar-refractivity contribution in [1.29, 1.82) is 0 Å². The summed E-state index contributed by atoms with van der Waals surface area (Å²) in [6.45, 7) is 0.661. The van der Waals surface area contributed by atoms with Gasteiger partial charge in [-0.2, -0.15) is 0 Å². The summed E-state index contributed by atoms with van der Waals surface area (Å²) in [6, 6.07) is 7.79. The van der Waals surface area contributed by atoms with Crippen LogP contribution >= 0.6 is 0 Å². The Morgan fingerprint density at radius 3 is 2.91 bits per heavy atom. The first kappa shape index (κ1) is 13.2. The maximum absolute atomic E-state index is 12.7. The second-order valence-electron chi connectivity index (χ2n) is 6.37. The Bertz CT molecular complexity index is 775. The monoisotopic (exact) mass is 295 g/mol. The van der Waals surface area contributed by atoms with Gasteiger partial charge in [-0.25, -0.2) is 0 Å². The molecule has 3 heterocycles. The number of fused-ring (bicyclic) bond motifs is 2. The lowest BCUT2D eigenvalue weighted by molar-refractivity contribution is -0.143. The van der Waals surface area contributed by atoms with Gasteiger partial charge in [0.25, 0.3) is 0 Å². The molecule has 1 saturated carbocycles. The van der Waals surface area contributed by atoms with E-state index in [-0.39, 0.29) is 11.8 Å². The molecule has 22 heavy (non-hydrogen) atoms. The Morgan fingerprint density at radius 2 is 2.14 bits per heavy atom. The van der Waals surface area contributed by atoms with Gasteiger partial charge < -0.3 is 10.6 Å². The fourth-order valence-corrected chi connectivity index (χ4v) is 3.95. The molecule has 0 unspecified atom stereocenters. The van der Waals surface area contributed by atoms with Crippen LogP contribution < -0.4 is 5.73 Å². The number of nitrogens with two attached hydrogens (primary N) is 1. The van der Waals surface area contributed by atoms with Crippen LogP contribution in [0.3, 0.4) is 0 Å². The molecule has 5 rings (SSSR count). The molecule has 0 radical (unpaired) electrons. The fraction of sp³-hybridized carbons (Fsp3) is 0.353. The van der Waals surface area contributed by atoms with Crippen LogP contribution in [-0.4, -0.2) is 33.8 Å². The Labute approximate surface area is 128 Å². The number of benzene rings is 1. The van der Waals surface area contributed by atoms with Crippen LogP contribution in [0.2, 0.25) is 0 Å². The Kier molecular flexibility index (Phi) is 2.73. The number of aromatic nitrogens is 1. The lowest BCUT2D eigenvalue weighted by Gasteiger charge is -2.39. The number of hydrogen-bond donors (Lipinski definition) is 1. The van der Waals surface area contributed by atoms with Crippen LogP contribution in [0.15, 0.2) is 36.7 Å². The summed E-state index contributed by atoms with van der Waals surface area (Å²) in [6.07, 6.45) is 5.28.